The first-order valence-electron chi connectivity index (χ1n) is 1.67. The standard InChI is InChI=1S/CH4O.Mg.H4O5P2/c1-2;;1-6(2)5-7(3)4/h2H,1H3;;6-7H,(H,1,2)(H,3,4)/q;+2;/p-2. The number of hydrogen-bond donors (Lipinski definition) is 1. The van der Waals surface area contributed by atoms with Crippen LogP contribution >= 0.6 is 16.5 Å². The minimum atomic E-state index is -3.51. The van der Waals surface area contributed by atoms with Crippen molar-refractivity contribution in [2.24, 2.45) is 0 Å². The van der Waals surface area contributed by atoms with Crippen molar-refractivity contribution in [3.05, 3.63) is 0 Å². The smallest absolute Gasteiger partial charge is 0.781 e. The van der Waals surface area contributed by atoms with Crippen LogP contribution in [0.1, 0.15) is 0 Å². The first-order valence-corrected chi connectivity index (χ1v) is 4.12. The van der Waals surface area contributed by atoms with E-state index in [1.807, 2.05) is 0 Å². The summed E-state index contributed by atoms with van der Waals surface area (Å²) in [4.78, 5) is 18.6. The first kappa shape index (κ1) is 17.2. The predicted octanol–water partition coefficient (Wildman–Crippen LogP) is -2.27. The average Bonchev–Trinajstić information content (AvgIpc) is 1.68. The van der Waals surface area contributed by atoms with Gasteiger partial charge >= 0.3 is 23.1 Å². The van der Waals surface area contributed by atoms with Crippen molar-refractivity contribution in [1.29, 1.82) is 0 Å². The molecule has 0 aromatic rings. The van der Waals surface area contributed by atoms with E-state index in [1.54, 1.807) is 0 Å². The molecule has 0 spiro atoms. The molecule has 0 aromatic carbocycles. The Morgan fingerprint density at radius 3 is 1.40 bits per heavy atom. The zero-order valence-corrected chi connectivity index (χ0v) is 8.61. The Balaban J connectivity index is -0.000000149. The van der Waals surface area contributed by atoms with Crippen molar-refractivity contribution in [3.63, 3.8) is 0 Å². The van der Waals surface area contributed by atoms with Crippen molar-refractivity contribution in [2.45, 2.75) is 0 Å². The molecule has 0 heterocycles. The van der Waals surface area contributed by atoms with Crippen LogP contribution in [0.3, 0.4) is 0 Å². The van der Waals surface area contributed by atoms with Crippen LogP contribution in [0.15, 0.2) is 0 Å². The van der Waals surface area contributed by atoms with E-state index in [0.717, 1.165) is 7.11 Å². The van der Waals surface area contributed by atoms with E-state index >= 15 is 0 Å². The largest absolute Gasteiger partial charge is 2.00 e. The van der Waals surface area contributed by atoms with Gasteiger partial charge in [-0.1, -0.05) is 0 Å². The van der Waals surface area contributed by atoms with Gasteiger partial charge in [0, 0.05) is 7.11 Å². The van der Waals surface area contributed by atoms with Gasteiger partial charge in [0.2, 0.25) is 0 Å². The van der Waals surface area contributed by atoms with Gasteiger partial charge in [-0.25, -0.2) is 0 Å². The number of rotatable bonds is 2. The van der Waals surface area contributed by atoms with Gasteiger partial charge in [-0.3, -0.25) is 4.31 Å². The monoisotopic (exact) mass is 200 g/mol. The maximum Gasteiger partial charge on any atom is 2.00 e. The molecule has 2 atom stereocenters. The van der Waals surface area contributed by atoms with Crippen molar-refractivity contribution >= 4 is 39.6 Å². The van der Waals surface area contributed by atoms with E-state index in [1.165, 1.54) is 0 Å². The summed E-state index contributed by atoms with van der Waals surface area (Å²) in [6, 6.07) is 0. The Morgan fingerprint density at radius 1 is 1.20 bits per heavy atom. The molecule has 0 aromatic heterocycles. The fourth-order valence-corrected chi connectivity index (χ4v) is 0.612. The third kappa shape index (κ3) is 23.0. The predicted molar refractivity (Wildman–Crippen MR) is 33.0 cm³/mol. The maximum atomic E-state index is 9.29. The molecular weight excluding hydrogens is 194 g/mol. The van der Waals surface area contributed by atoms with Gasteiger partial charge in [0.05, 0.1) is 0 Å². The quantitative estimate of drug-likeness (QED) is 0.397. The van der Waals surface area contributed by atoms with Crippen LogP contribution in [-0.2, 0) is 13.4 Å². The Kier molecular flexibility index (Phi) is 21.9. The molecule has 0 aliphatic rings. The molecule has 6 nitrogen and oxygen atoms in total. The van der Waals surface area contributed by atoms with Crippen LogP contribution in [0.2, 0.25) is 0 Å². The molecule has 0 saturated carbocycles. The van der Waals surface area contributed by atoms with Gasteiger partial charge in [-0.15, -0.1) is 0 Å². The van der Waals surface area contributed by atoms with E-state index in [-0.39, 0.29) is 23.1 Å². The molecule has 1 N–H and O–H groups in total. The third-order valence-corrected chi connectivity index (χ3v) is 1.50. The number of hydrogen-bond acceptors (Lipinski definition) is 6. The topological polar surface area (TPSA) is 110 Å². The van der Waals surface area contributed by atoms with Crippen LogP contribution < -0.4 is 9.79 Å². The van der Waals surface area contributed by atoms with Gasteiger partial charge in [-0.2, -0.15) is 0 Å². The molecule has 0 aliphatic heterocycles. The summed E-state index contributed by atoms with van der Waals surface area (Å²) < 4.78 is 21.8. The van der Waals surface area contributed by atoms with E-state index in [0.29, 0.717) is 0 Å². The Morgan fingerprint density at radius 2 is 1.40 bits per heavy atom. The van der Waals surface area contributed by atoms with Gasteiger partial charge < -0.3 is 24.0 Å². The van der Waals surface area contributed by atoms with Gasteiger partial charge in [0.1, 0.15) is 16.5 Å². The molecule has 0 amide bonds. The molecule has 0 aliphatic carbocycles. The van der Waals surface area contributed by atoms with Crippen LogP contribution in [0.5, 0.6) is 0 Å². The molecular formula is CH6MgO6P2. The van der Waals surface area contributed by atoms with Gasteiger partial charge in [0.25, 0.3) is 0 Å². The fraction of sp³-hybridized carbons (Fsp3) is 1.00. The van der Waals surface area contributed by atoms with Gasteiger partial charge in [0.15, 0.2) is 0 Å². The summed E-state index contributed by atoms with van der Waals surface area (Å²) in [6.45, 7) is 0. The summed E-state index contributed by atoms with van der Waals surface area (Å²) in [6.07, 6.45) is 0. The zero-order valence-electron chi connectivity index (χ0n) is 5.20. The van der Waals surface area contributed by atoms with Crippen molar-refractivity contribution in [2.75, 3.05) is 7.11 Å². The normalized spacial score (nSPS) is 13.6. The van der Waals surface area contributed by atoms with Crippen LogP contribution in [0.4, 0.5) is 0 Å². The van der Waals surface area contributed by atoms with E-state index in [9.17, 15) is 18.9 Å². The van der Waals surface area contributed by atoms with Crippen molar-refractivity contribution < 1.29 is 28.3 Å². The molecule has 2 unspecified atom stereocenters. The van der Waals surface area contributed by atoms with Gasteiger partial charge in [-0.05, 0) is 0 Å². The second kappa shape index (κ2) is 12.7. The maximum absolute atomic E-state index is 9.29. The summed E-state index contributed by atoms with van der Waals surface area (Å²) in [5.41, 5.74) is 0. The minimum Gasteiger partial charge on any atom is -0.781 e. The summed E-state index contributed by atoms with van der Waals surface area (Å²) in [5, 5.41) is 7.00. The van der Waals surface area contributed by atoms with E-state index < -0.39 is 16.5 Å². The molecule has 10 heavy (non-hydrogen) atoms. The van der Waals surface area contributed by atoms with Crippen LogP contribution in [0, 0.1) is 0 Å². The number of aliphatic hydroxyl groups is 1. The Bertz CT molecular complexity index is 91.9. The molecule has 0 saturated heterocycles. The molecule has 0 rings (SSSR count). The average molecular weight is 200 g/mol. The van der Waals surface area contributed by atoms with Crippen LogP contribution in [0.25, 0.3) is 0 Å². The summed E-state index contributed by atoms with van der Waals surface area (Å²) in [7, 11) is -6.03. The Hall–Kier alpha value is 1.07. The zero-order chi connectivity index (χ0) is 7.86. The minimum absolute atomic E-state index is 0. The molecule has 9 heteroatoms. The van der Waals surface area contributed by atoms with E-state index in [4.69, 9.17) is 5.11 Å². The summed E-state index contributed by atoms with van der Waals surface area (Å²) >= 11 is 0. The second-order valence-electron chi connectivity index (χ2n) is 0.602. The molecule has 0 fully saturated rings. The first-order chi connectivity index (χ1) is 4.13. The molecule has 58 valence electrons. The summed E-state index contributed by atoms with van der Waals surface area (Å²) in [5.74, 6) is 0. The Labute approximate surface area is 75.3 Å². The van der Waals surface area contributed by atoms with Crippen LogP contribution in [-0.4, -0.2) is 35.3 Å². The van der Waals surface area contributed by atoms with Crippen molar-refractivity contribution in [3.8, 4) is 0 Å². The number of aliphatic hydroxyl groups excluding tert-OH is 1. The molecule has 0 bridgehead atoms. The van der Waals surface area contributed by atoms with E-state index in [2.05, 4.69) is 4.31 Å². The molecule has 0 radical (unpaired) electrons. The third-order valence-electron chi connectivity index (χ3n) is 0.167. The second-order valence-corrected chi connectivity index (χ2v) is 2.42. The fourth-order valence-electron chi connectivity index (χ4n) is 0.0680. The SMILES string of the molecule is CO.O=[PH]([O-])O[PH](=O)[O-].[Mg+2]. The van der Waals surface area contributed by atoms with Crippen molar-refractivity contribution in [1.82, 2.24) is 0 Å².